The van der Waals surface area contributed by atoms with Gasteiger partial charge in [0.05, 0.1) is 5.57 Å². The highest BCUT2D eigenvalue weighted by molar-refractivity contribution is 6.35. The van der Waals surface area contributed by atoms with Crippen molar-refractivity contribution in [3.63, 3.8) is 0 Å². The molecule has 0 atom stereocenters. The van der Waals surface area contributed by atoms with Gasteiger partial charge < -0.3 is 9.84 Å². The van der Waals surface area contributed by atoms with Gasteiger partial charge in [0.1, 0.15) is 11.6 Å². The molecule has 0 radical (unpaired) electrons. The van der Waals surface area contributed by atoms with E-state index in [4.69, 9.17) is 16.3 Å². The minimum atomic E-state index is -0.308. The summed E-state index contributed by atoms with van der Waals surface area (Å²) in [6.45, 7) is 1.24. The average molecular weight is 387 g/mol. The predicted molar refractivity (Wildman–Crippen MR) is 103 cm³/mol. The Kier molecular flexibility index (Phi) is 4.79. The van der Waals surface area contributed by atoms with Crippen LogP contribution in [0.25, 0.3) is 16.7 Å². The molecule has 0 aromatic heterocycles. The Morgan fingerprint density at radius 2 is 1.67 bits per heavy atom. The average Bonchev–Trinajstić information content (AvgIpc) is 2.64. The molecule has 1 heterocycles. The van der Waals surface area contributed by atoms with E-state index in [9.17, 15) is 14.3 Å². The Hall–Kier alpha value is -2.17. The molecule has 2 aromatic carbocycles. The predicted octanol–water partition coefficient (Wildman–Crippen LogP) is 5.57. The van der Waals surface area contributed by atoms with Gasteiger partial charge in [0, 0.05) is 36.6 Å². The molecule has 1 spiro atoms. The normalized spacial score (nSPS) is 19.6. The van der Waals surface area contributed by atoms with E-state index in [0.717, 1.165) is 24.0 Å². The maximum Gasteiger partial charge on any atom is 0.167 e. The molecule has 1 aliphatic carbocycles. The van der Waals surface area contributed by atoms with Gasteiger partial charge in [-0.2, -0.15) is 0 Å². The van der Waals surface area contributed by atoms with Crippen molar-refractivity contribution < 1.29 is 19.0 Å². The second kappa shape index (κ2) is 7.10. The SMILES string of the molecule is O=C1CC2(CCOCC2)CC(O)=C1c1cc(-c2ccc(F)cc2)ccc1Cl. The van der Waals surface area contributed by atoms with Gasteiger partial charge in [-0.1, -0.05) is 29.8 Å². The lowest BCUT2D eigenvalue weighted by atomic mass is 9.68. The molecule has 2 aliphatic rings. The Labute approximate surface area is 162 Å². The summed E-state index contributed by atoms with van der Waals surface area (Å²) >= 11 is 6.37. The number of halogens is 2. The second-order valence-electron chi connectivity index (χ2n) is 7.41. The van der Waals surface area contributed by atoms with Gasteiger partial charge in [0.15, 0.2) is 5.78 Å². The van der Waals surface area contributed by atoms with E-state index < -0.39 is 0 Å². The molecule has 1 fully saturated rings. The lowest BCUT2D eigenvalue weighted by Gasteiger charge is -2.39. The molecule has 0 unspecified atom stereocenters. The first kappa shape index (κ1) is 18.2. The van der Waals surface area contributed by atoms with Crippen molar-refractivity contribution in [1.29, 1.82) is 0 Å². The molecule has 5 heteroatoms. The fourth-order valence-electron chi connectivity index (χ4n) is 4.10. The van der Waals surface area contributed by atoms with Gasteiger partial charge in [-0.15, -0.1) is 0 Å². The fraction of sp³-hybridized carbons (Fsp3) is 0.318. The van der Waals surface area contributed by atoms with E-state index in [1.807, 2.05) is 6.07 Å². The lowest BCUT2D eigenvalue weighted by Crippen LogP contribution is -2.36. The first-order valence-electron chi connectivity index (χ1n) is 9.06. The third-order valence-electron chi connectivity index (χ3n) is 5.61. The van der Waals surface area contributed by atoms with E-state index in [0.29, 0.717) is 42.2 Å². The standard InChI is InChI=1S/C22H20ClFO3/c23-18-6-3-15(14-1-4-16(24)5-2-14)11-17(18)21-19(25)12-22(13-20(21)26)7-9-27-10-8-22/h1-6,11,25H,7-10,12-13H2. The molecule has 1 N–H and O–H groups in total. The topological polar surface area (TPSA) is 46.5 Å². The molecule has 0 bridgehead atoms. The third-order valence-corrected chi connectivity index (χ3v) is 5.94. The highest BCUT2D eigenvalue weighted by Gasteiger charge is 2.41. The van der Waals surface area contributed by atoms with Crippen LogP contribution in [0, 0.1) is 11.2 Å². The van der Waals surface area contributed by atoms with Crippen molar-refractivity contribution >= 4 is 23.0 Å². The molecule has 4 rings (SSSR count). The molecule has 27 heavy (non-hydrogen) atoms. The largest absolute Gasteiger partial charge is 0.512 e. The number of aliphatic hydroxyl groups is 1. The highest BCUT2D eigenvalue weighted by atomic mass is 35.5. The number of rotatable bonds is 2. The zero-order chi connectivity index (χ0) is 19.0. The lowest BCUT2D eigenvalue weighted by molar-refractivity contribution is -0.118. The third kappa shape index (κ3) is 3.52. The van der Waals surface area contributed by atoms with Crippen LogP contribution in [0.1, 0.15) is 31.2 Å². The fourth-order valence-corrected chi connectivity index (χ4v) is 4.31. The number of benzene rings is 2. The van der Waals surface area contributed by atoms with Crippen molar-refractivity contribution in [1.82, 2.24) is 0 Å². The van der Waals surface area contributed by atoms with E-state index in [-0.39, 0.29) is 22.8 Å². The number of hydrogen-bond donors (Lipinski definition) is 1. The summed E-state index contributed by atoms with van der Waals surface area (Å²) < 4.78 is 18.6. The number of carbonyl (C=O) groups excluding carboxylic acids is 1. The molecule has 140 valence electrons. The summed E-state index contributed by atoms with van der Waals surface area (Å²) in [6, 6.07) is 11.5. The van der Waals surface area contributed by atoms with Crippen molar-refractivity contribution in [3.05, 3.63) is 64.6 Å². The van der Waals surface area contributed by atoms with Gasteiger partial charge in [0.25, 0.3) is 0 Å². The van der Waals surface area contributed by atoms with Crippen LogP contribution in [0.5, 0.6) is 0 Å². The number of allylic oxidation sites excluding steroid dienone is 2. The summed E-state index contributed by atoms with van der Waals surface area (Å²) in [6.07, 6.45) is 2.42. The smallest absolute Gasteiger partial charge is 0.167 e. The van der Waals surface area contributed by atoms with Crippen molar-refractivity contribution in [2.24, 2.45) is 5.41 Å². The highest BCUT2D eigenvalue weighted by Crippen LogP contribution is 2.47. The van der Waals surface area contributed by atoms with Gasteiger partial charge in [-0.25, -0.2) is 4.39 Å². The first-order chi connectivity index (χ1) is 13.0. The summed E-state index contributed by atoms with van der Waals surface area (Å²) in [4.78, 5) is 13.0. The van der Waals surface area contributed by atoms with E-state index in [1.54, 1.807) is 24.3 Å². The Bertz CT molecular complexity index is 912. The van der Waals surface area contributed by atoms with Crippen molar-refractivity contribution in [3.8, 4) is 11.1 Å². The van der Waals surface area contributed by atoms with Gasteiger partial charge in [-0.05, 0) is 53.6 Å². The molecule has 2 aromatic rings. The number of hydrogen-bond acceptors (Lipinski definition) is 3. The molecular formula is C22H20ClFO3. The molecule has 1 aliphatic heterocycles. The summed E-state index contributed by atoms with van der Waals surface area (Å²) in [7, 11) is 0. The zero-order valence-corrected chi connectivity index (χ0v) is 15.6. The number of carbonyl (C=O) groups is 1. The van der Waals surface area contributed by atoms with Crippen LogP contribution < -0.4 is 0 Å². The minimum absolute atomic E-state index is 0.0844. The van der Waals surface area contributed by atoms with Crippen LogP contribution >= 0.6 is 11.6 Å². The first-order valence-corrected chi connectivity index (χ1v) is 9.44. The maximum absolute atomic E-state index is 13.2. The number of aliphatic hydroxyl groups excluding tert-OH is 1. The van der Waals surface area contributed by atoms with Crippen LogP contribution in [-0.4, -0.2) is 24.1 Å². The van der Waals surface area contributed by atoms with Gasteiger partial charge >= 0.3 is 0 Å². The summed E-state index contributed by atoms with van der Waals surface area (Å²) in [5.74, 6) is -0.289. The van der Waals surface area contributed by atoms with Crippen LogP contribution in [0.4, 0.5) is 4.39 Å². The van der Waals surface area contributed by atoms with E-state index >= 15 is 0 Å². The van der Waals surface area contributed by atoms with Crippen LogP contribution in [0.2, 0.25) is 5.02 Å². The Morgan fingerprint density at radius 3 is 2.33 bits per heavy atom. The molecule has 1 saturated heterocycles. The molecule has 0 amide bonds. The number of ether oxygens (including phenoxy) is 1. The van der Waals surface area contributed by atoms with Gasteiger partial charge in [0.2, 0.25) is 0 Å². The van der Waals surface area contributed by atoms with E-state index in [2.05, 4.69) is 0 Å². The van der Waals surface area contributed by atoms with Crippen molar-refractivity contribution in [2.45, 2.75) is 25.7 Å². The Morgan fingerprint density at radius 1 is 1.00 bits per heavy atom. The molecule has 0 saturated carbocycles. The van der Waals surface area contributed by atoms with Crippen LogP contribution in [0.15, 0.2) is 48.2 Å². The minimum Gasteiger partial charge on any atom is -0.512 e. The zero-order valence-electron chi connectivity index (χ0n) is 14.8. The van der Waals surface area contributed by atoms with E-state index in [1.165, 1.54) is 12.1 Å². The summed E-state index contributed by atoms with van der Waals surface area (Å²) in [5.41, 5.74) is 2.26. The maximum atomic E-state index is 13.2. The quantitative estimate of drug-likeness (QED) is 0.733. The summed E-state index contributed by atoms with van der Waals surface area (Å²) in [5, 5.41) is 11.2. The van der Waals surface area contributed by atoms with Crippen molar-refractivity contribution in [2.75, 3.05) is 13.2 Å². The molecular weight excluding hydrogens is 367 g/mol. The molecule has 3 nitrogen and oxygen atoms in total. The van der Waals surface area contributed by atoms with Crippen LogP contribution in [-0.2, 0) is 9.53 Å². The van der Waals surface area contributed by atoms with Gasteiger partial charge in [-0.3, -0.25) is 4.79 Å². The second-order valence-corrected chi connectivity index (χ2v) is 7.82. The Balaban J connectivity index is 1.74. The number of Topliss-reactive ketones (excluding diaryl/α,β-unsaturated/α-hetero) is 1. The monoisotopic (exact) mass is 386 g/mol. The van der Waals surface area contributed by atoms with Crippen LogP contribution in [0.3, 0.4) is 0 Å². The number of ketones is 1.